The summed E-state index contributed by atoms with van der Waals surface area (Å²) in [5, 5.41) is 3.37. The molecule has 0 radical (unpaired) electrons. The summed E-state index contributed by atoms with van der Waals surface area (Å²) in [5.41, 5.74) is 12.4. The molecule has 1 aliphatic rings. The summed E-state index contributed by atoms with van der Waals surface area (Å²) in [4.78, 5) is 0. The van der Waals surface area contributed by atoms with Crippen molar-refractivity contribution in [3.05, 3.63) is 53.1 Å². The Hall–Kier alpha value is -2.00. The molecule has 1 heterocycles. The maximum absolute atomic E-state index is 5.90. The number of ether oxygens (including phenoxy) is 1. The smallest absolute Gasteiger partial charge is 0.0725 e. The Labute approximate surface area is 107 Å². The molecule has 1 aliphatic heterocycles. The Bertz CT molecular complexity index is 593. The van der Waals surface area contributed by atoms with Crippen LogP contribution in [-0.4, -0.2) is 0 Å². The second kappa shape index (κ2) is 4.35. The molecule has 2 aromatic carbocycles. The number of hydrogen-bond acceptors (Lipinski definition) is 3. The van der Waals surface area contributed by atoms with Gasteiger partial charge in [0.1, 0.15) is 0 Å². The van der Waals surface area contributed by atoms with E-state index >= 15 is 0 Å². The minimum absolute atomic E-state index is 0.709. The van der Waals surface area contributed by atoms with Crippen LogP contribution in [0.5, 0.6) is 0 Å². The molecule has 0 spiro atoms. The van der Waals surface area contributed by atoms with E-state index in [1.807, 2.05) is 25.1 Å². The number of nitrogen functional groups attached to an aromatic ring is 1. The zero-order valence-electron chi connectivity index (χ0n) is 10.4. The maximum Gasteiger partial charge on any atom is 0.0725 e. The lowest BCUT2D eigenvalue weighted by molar-refractivity contribution is 0.134. The zero-order chi connectivity index (χ0) is 12.5. The highest BCUT2D eigenvalue weighted by Crippen LogP contribution is 2.26. The van der Waals surface area contributed by atoms with E-state index in [0.29, 0.717) is 6.61 Å². The minimum atomic E-state index is 0.709. The monoisotopic (exact) mass is 240 g/mol. The molecule has 0 saturated heterocycles. The van der Waals surface area contributed by atoms with Crippen molar-refractivity contribution in [3.63, 3.8) is 0 Å². The van der Waals surface area contributed by atoms with Gasteiger partial charge in [0.05, 0.1) is 13.2 Å². The first-order valence-electron chi connectivity index (χ1n) is 6.05. The Morgan fingerprint density at radius 1 is 1.00 bits per heavy atom. The van der Waals surface area contributed by atoms with Gasteiger partial charge in [-0.3, -0.25) is 0 Å². The maximum atomic E-state index is 5.90. The predicted molar refractivity (Wildman–Crippen MR) is 73.8 cm³/mol. The third-order valence-electron chi connectivity index (χ3n) is 3.29. The van der Waals surface area contributed by atoms with Gasteiger partial charge >= 0.3 is 0 Å². The largest absolute Gasteiger partial charge is 0.398 e. The van der Waals surface area contributed by atoms with E-state index < -0.39 is 0 Å². The summed E-state index contributed by atoms with van der Waals surface area (Å²) in [6.45, 7) is 3.44. The number of hydrogen-bond donors (Lipinski definition) is 2. The fraction of sp³-hybridized carbons (Fsp3) is 0.200. The fourth-order valence-corrected chi connectivity index (χ4v) is 2.13. The van der Waals surface area contributed by atoms with Crippen molar-refractivity contribution in [1.29, 1.82) is 0 Å². The van der Waals surface area contributed by atoms with E-state index in [1.165, 1.54) is 11.1 Å². The Balaban J connectivity index is 1.85. The van der Waals surface area contributed by atoms with Gasteiger partial charge in [0.2, 0.25) is 0 Å². The van der Waals surface area contributed by atoms with Crippen LogP contribution in [0.4, 0.5) is 17.1 Å². The van der Waals surface area contributed by atoms with Gasteiger partial charge in [-0.25, -0.2) is 0 Å². The van der Waals surface area contributed by atoms with E-state index in [0.717, 1.165) is 29.2 Å². The van der Waals surface area contributed by atoms with E-state index in [4.69, 9.17) is 10.5 Å². The molecule has 0 saturated carbocycles. The molecule has 0 amide bonds. The van der Waals surface area contributed by atoms with Gasteiger partial charge in [0.15, 0.2) is 0 Å². The molecule has 0 bridgehead atoms. The van der Waals surface area contributed by atoms with Gasteiger partial charge in [-0.1, -0.05) is 12.1 Å². The Morgan fingerprint density at radius 2 is 1.72 bits per heavy atom. The normalized spacial score (nSPS) is 13.4. The van der Waals surface area contributed by atoms with Gasteiger partial charge in [-0.15, -0.1) is 0 Å². The molecule has 3 N–H and O–H groups in total. The predicted octanol–water partition coefficient (Wildman–Crippen LogP) is 3.35. The third-order valence-corrected chi connectivity index (χ3v) is 3.29. The summed E-state index contributed by atoms with van der Waals surface area (Å²) >= 11 is 0. The SMILES string of the molecule is Cc1ccc(Nc2ccc3c(c2)COC3)cc1N. The van der Waals surface area contributed by atoms with E-state index in [-0.39, 0.29) is 0 Å². The van der Waals surface area contributed by atoms with Crippen molar-refractivity contribution in [2.75, 3.05) is 11.1 Å². The minimum Gasteiger partial charge on any atom is -0.398 e. The summed E-state index contributed by atoms with van der Waals surface area (Å²) in [6.07, 6.45) is 0. The molecule has 18 heavy (non-hydrogen) atoms. The number of benzene rings is 2. The number of nitrogens with one attached hydrogen (secondary N) is 1. The highest BCUT2D eigenvalue weighted by atomic mass is 16.5. The standard InChI is InChI=1S/C15H16N2O/c1-10-2-4-14(7-15(10)16)17-13-5-3-11-8-18-9-12(11)6-13/h2-7,17H,8-9,16H2,1H3. The van der Waals surface area contributed by atoms with Gasteiger partial charge in [-0.05, 0) is 47.9 Å². The van der Waals surface area contributed by atoms with E-state index in [1.54, 1.807) is 0 Å². The van der Waals surface area contributed by atoms with Crippen LogP contribution in [0.25, 0.3) is 0 Å². The van der Waals surface area contributed by atoms with Crippen molar-refractivity contribution < 1.29 is 4.74 Å². The highest BCUT2D eigenvalue weighted by Gasteiger charge is 2.11. The molecule has 0 unspecified atom stereocenters. The third kappa shape index (κ3) is 2.05. The summed E-state index contributed by atoms with van der Waals surface area (Å²) in [5.74, 6) is 0. The van der Waals surface area contributed by atoms with Crippen molar-refractivity contribution >= 4 is 17.1 Å². The molecule has 3 heteroatoms. The number of fused-ring (bicyclic) bond motifs is 1. The van der Waals surface area contributed by atoms with Crippen LogP contribution in [0.3, 0.4) is 0 Å². The van der Waals surface area contributed by atoms with Crippen LogP contribution in [0.15, 0.2) is 36.4 Å². The molecule has 92 valence electrons. The van der Waals surface area contributed by atoms with Crippen molar-refractivity contribution in [1.82, 2.24) is 0 Å². The van der Waals surface area contributed by atoms with E-state index in [9.17, 15) is 0 Å². The molecule has 3 rings (SSSR count). The number of nitrogens with two attached hydrogens (primary N) is 1. The number of aryl methyl sites for hydroxylation is 1. The van der Waals surface area contributed by atoms with Crippen LogP contribution in [0.2, 0.25) is 0 Å². The molecular weight excluding hydrogens is 224 g/mol. The van der Waals surface area contributed by atoms with Gasteiger partial charge in [0.25, 0.3) is 0 Å². The summed E-state index contributed by atoms with van der Waals surface area (Å²) in [6, 6.07) is 12.3. The van der Waals surface area contributed by atoms with Crippen molar-refractivity contribution in [3.8, 4) is 0 Å². The molecule has 0 fully saturated rings. The lowest BCUT2D eigenvalue weighted by Gasteiger charge is -2.09. The number of anilines is 3. The highest BCUT2D eigenvalue weighted by molar-refractivity contribution is 5.66. The average Bonchev–Trinajstić information content (AvgIpc) is 2.81. The van der Waals surface area contributed by atoms with E-state index in [2.05, 4.69) is 23.5 Å². The second-order valence-corrected chi connectivity index (χ2v) is 4.67. The topological polar surface area (TPSA) is 47.3 Å². The second-order valence-electron chi connectivity index (χ2n) is 4.67. The molecular formula is C15H16N2O. The first-order chi connectivity index (χ1) is 8.72. The molecule has 0 aromatic heterocycles. The fourth-order valence-electron chi connectivity index (χ4n) is 2.13. The van der Waals surface area contributed by atoms with Crippen molar-refractivity contribution in [2.24, 2.45) is 0 Å². The van der Waals surface area contributed by atoms with Crippen LogP contribution >= 0.6 is 0 Å². The molecule has 0 aliphatic carbocycles. The van der Waals surface area contributed by atoms with Gasteiger partial charge in [0, 0.05) is 17.1 Å². The zero-order valence-corrected chi connectivity index (χ0v) is 10.4. The Morgan fingerprint density at radius 3 is 2.56 bits per heavy atom. The Kier molecular flexibility index (Phi) is 2.68. The first-order valence-corrected chi connectivity index (χ1v) is 6.05. The summed E-state index contributed by atoms with van der Waals surface area (Å²) in [7, 11) is 0. The lowest BCUT2D eigenvalue weighted by Crippen LogP contribution is -1.95. The lowest BCUT2D eigenvalue weighted by atomic mass is 10.1. The van der Waals surface area contributed by atoms with Gasteiger partial charge < -0.3 is 15.8 Å². The van der Waals surface area contributed by atoms with Crippen molar-refractivity contribution in [2.45, 2.75) is 20.1 Å². The van der Waals surface area contributed by atoms with Crippen LogP contribution in [0.1, 0.15) is 16.7 Å². The van der Waals surface area contributed by atoms with Gasteiger partial charge in [-0.2, -0.15) is 0 Å². The molecule has 3 nitrogen and oxygen atoms in total. The molecule has 2 aromatic rings. The van der Waals surface area contributed by atoms with Crippen LogP contribution < -0.4 is 11.1 Å². The van der Waals surface area contributed by atoms with Crippen LogP contribution in [-0.2, 0) is 18.0 Å². The quantitative estimate of drug-likeness (QED) is 0.791. The average molecular weight is 240 g/mol. The number of rotatable bonds is 2. The molecule has 0 atom stereocenters. The summed E-state index contributed by atoms with van der Waals surface area (Å²) < 4.78 is 5.41. The van der Waals surface area contributed by atoms with Crippen LogP contribution in [0, 0.1) is 6.92 Å². The first kappa shape index (κ1) is 11.1.